The molecule has 3 amide bonds. The standard InChI is InChI=1S/C30H37N3O5/c1-4-29-15-16-30(38-29)23(22(29)26(35)31-21-13-6-5-7-14-21)28(37)33(17-8-9-18-34)25(30)27(36)32-24-19(2)11-10-12-20(24)3/h5-7,10-14,22-23,25,34H,4,8-9,15-18H2,1-3H3,(H,31,35)(H,32,36)/t22-,23-,25?,29+,30?/m0/s1. The van der Waals surface area contributed by atoms with E-state index in [4.69, 9.17) is 4.74 Å². The van der Waals surface area contributed by atoms with Crippen molar-refractivity contribution in [3.05, 3.63) is 59.7 Å². The minimum Gasteiger partial charge on any atom is -0.396 e. The molecule has 3 aliphatic rings. The van der Waals surface area contributed by atoms with Gasteiger partial charge in [-0.15, -0.1) is 0 Å². The lowest BCUT2D eigenvalue weighted by atomic mass is 9.65. The average molecular weight is 520 g/mol. The molecule has 3 fully saturated rings. The molecule has 0 aromatic heterocycles. The number of carbonyl (C=O) groups excluding carboxylic acids is 3. The van der Waals surface area contributed by atoms with Gasteiger partial charge in [0, 0.05) is 24.5 Å². The molecule has 2 bridgehead atoms. The molecule has 3 heterocycles. The molecular weight excluding hydrogens is 482 g/mol. The number of carbonyl (C=O) groups is 3. The highest BCUT2D eigenvalue weighted by molar-refractivity contribution is 6.05. The van der Waals surface area contributed by atoms with Crippen LogP contribution in [-0.4, -0.2) is 58.1 Å². The molecule has 3 saturated heterocycles. The highest BCUT2D eigenvalue weighted by atomic mass is 16.5. The zero-order chi connectivity index (χ0) is 27.1. The summed E-state index contributed by atoms with van der Waals surface area (Å²) < 4.78 is 6.80. The second-order valence-corrected chi connectivity index (χ2v) is 10.9. The first-order valence-electron chi connectivity index (χ1n) is 13.6. The summed E-state index contributed by atoms with van der Waals surface area (Å²) in [6, 6.07) is 14.2. The molecule has 2 aromatic rings. The SMILES string of the molecule is CC[C@]12CCC3(O1)C(C(=O)Nc1c(C)cccc1C)N(CCCCO)C(=O)[C@@H]3[C@H]2C(=O)Nc1ccccc1. The molecule has 1 spiro atoms. The maximum absolute atomic E-state index is 14.1. The predicted octanol–water partition coefficient (Wildman–Crippen LogP) is 3.81. The number of likely N-dealkylation sites (tertiary alicyclic amines) is 1. The number of benzene rings is 2. The highest BCUT2D eigenvalue weighted by Crippen LogP contribution is 2.64. The molecule has 0 aliphatic carbocycles. The first-order valence-corrected chi connectivity index (χ1v) is 13.6. The monoisotopic (exact) mass is 519 g/mol. The van der Waals surface area contributed by atoms with Crippen LogP contribution >= 0.6 is 0 Å². The minimum atomic E-state index is -1.08. The summed E-state index contributed by atoms with van der Waals surface area (Å²) in [6.07, 6.45) is 2.79. The number of aryl methyl sites for hydroxylation is 2. The summed E-state index contributed by atoms with van der Waals surface area (Å²) in [7, 11) is 0. The van der Waals surface area contributed by atoms with Crippen molar-refractivity contribution >= 4 is 29.1 Å². The molecule has 8 heteroatoms. The fourth-order valence-corrected chi connectivity index (χ4v) is 7.00. The van der Waals surface area contributed by atoms with Crippen molar-refractivity contribution in [1.82, 2.24) is 4.90 Å². The number of amides is 3. The number of para-hydroxylation sites is 2. The molecule has 202 valence electrons. The number of aliphatic hydroxyl groups excluding tert-OH is 1. The van der Waals surface area contributed by atoms with Crippen LogP contribution in [0.15, 0.2) is 48.5 Å². The van der Waals surface area contributed by atoms with Gasteiger partial charge in [-0.1, -0.05) is 43.3 Å². The van der Waals surface area contributed by atoms with Gasteiger partial charge in [0.2, 0.25) is 17.7 Å². The fourth-order valence-electron chi connectivity index (χ4n) is 7.00. The molecule has 3 N–H and O–H groups in total. The van der Waals surface area contributed by atoms with Gasteiger partial charge in [-0.2, -0.15) is 0 Å². The Morgan fingerprint density at radius 3 is 2.37 bits per heavy atom. The number of anilines is 2. The fraction of sp³-hybridized carbons (Fsp3) is 0.500. The molecular formula is C30H37N3O5. The largest absolute Gasteiger partial charge is 0.396 e. The quantitative estimate of drug-likeness (QED) is 0.437. The Kier molecular flexibility index (Phi) is 7.05. The van der Waals surface area contributed by atoms with E-state index in [0.717, 1.165) is 16.8 Å². The zero-order valence-corrected chi connectivity index (χ0v) is 22.3. The number of nitrogens with zero attached hydrogens (tertiary/aromatic N) is 1. The van der Waals surface area contributed by atoms with E-state index in [0.29, 0.717) is 44.3 Å². The first kappa shape index (κ1) is 26.4. The maximum Gasteiger partial charge on any atom is 0.250 e. The number of fused-ring (bicyclic) bond motifs is 1. The summed E-state index contributed by atoms with van der Waals surface area (Å²) >= 11 is 0. The van der Waals surface area contributed by atoms with E-state index in [2.05, 4.69) is 10.6 Å². The lowest BCUT2D eigenvalue weighted by Crippen LogP contribution is -2.53. The van der Waals surface area contributed by atoms with E-state index in [1.54, 1.807) is 4.90 Å². The predicted molar refractivity (Wildman–Crippen MR) is 144 cm³/mol. The van der Waals surface area contributed by atoms with Gasteiger partial charge in [-0.3, -0.25) is 14.4 Å². The minimum absolute atomic E-state index is 0.00736. The van der Waals surface area contributed by atoms with Crippen molar-refractivity contribution in [2.75, 3.05) is 23.8 Å². The van der Waals surface area contributed by atoms with Gasteiger partial charge in [-0.05, 0) is 69.2 Å². The number of rotatable bonds is 9. The zero-order valence-electron chi connectivity index (χ0n) is 22.3. The van der Waals surface area contributed by atoms with Gasteiger partial charge in [-0.25, -0.2) is 0 Å². The smallest absolute Gasteiger partial charge is 0.250 e. The van der Waals surface area contributed by atoms with Crippen molar-refractivity contribution < 1.29 is 24.2 Å². The molecule has 38 heavy (non-hydrogen) atoms. The van der Waals surface area contributed by atoms with Crippen molar-refractivity contribution in [2.24, 2.45) is 11.8 Å². The Morgan fingerprint density at radius 2 is 1.71 bits per heavy atom. The van der Waals surface area contributed by atoms with Gasteiger partial charge in [0.1, 0.15) is 11.6 Å². The van der Waals surface area contributed by atoms with Crippen LogP contribution in [0.3, 0.4) is 0 Å². The van der Waals surface area contributed by atoms with Crippen LogP contribution in [0.4, 0.5) is 11.4 Å². The van der Waals surface area contributed by atoms with Crippen LogP contribution < -0.4 is 10.6 Å². The topological polar surface area (TPSA) is 108 Å². The van der Waals surface area contributed by atoms with Crippen molar-refractivity contribution in [1.29, 1.82) is 0 Å². The van der Waals surface area contributed by atoms with Crippen LogP contribution in [0.5, 0.6) is 0 Å². The Morgan fingerprint density at radius 1 is 1.00 bits per heavy atom. The van der Waals surface area contributed by atoms with Crippen LogP contribution in [0.2, 0.25) is 0 Å². The summed E-state index contributed by atoms with van der Waals surface area (Å²) in [5, 5.41) is 15.5. The van der Waals surface area contributed by atoms with Gasteiger partial charge >= 0.3 is 0 Å². The summed E-state index contributed by atoms with van der Waals surface area (Å²) in [5.74, 6) is -2.20. The molecule has 2 aromatic carbocycles. The normalized spacial score (nSPS) is 29.4. The van der Waals surface area contributed by atoms with Crippen LogP contribution in [-0.2, 0) is 19.1 Å². The second-order valence-electron chi connectivity index (χ2n) is 10.9. The number of unbranched alkanes of at least 4 members (excludes halogenated alkanes) is 1. The van der Waals surface area contributed by atoms with Gasteiger partial charge in [0.25, 0.3) is 0 Å². The number of hydrogen-bond acceptors (Lipinski definition) is 5. The number of aliphatic hydroxyl groups is 1. The van der Waals surface area contributed by atoms with Crippen molar-refractivity contribution in [3.63, 3.8) is 0 Å². The lowest BCUT2D eigenvalue weighted by molar-refractivity contribution is -0.144. The summed E-state index contributed by atoms with van der Waals surface area (Å²) in [6.45, 7) is 6.19. The van der Waals surface area contributed by atoms with E-state index in [-0.39, 0.29) is 24.3 Å². The van der Waals surface area contributed by atoms with Crippen molar-refractivity contribution in [3.8, 4) is 0 Å². The number of nitrogens with one attached hydrogen (secondary N) is 2. The third-order valence-corrected chi connectivity index (χ3v) is 8.79. The molecule has 0 saturated carbocycles. The Bertz CT molecular complexity index is 1210. The molecule has 3 aliphatic heterocycles. The highest BCUT2D eigenvalue weighted by Gasteiger charge is 2.78. The third kappa shape index (κ3) is 4.10. The van der Waals surface area contributed by atoms with Gasteiger partial charge in [0.15, 0.2) is 0 Å². The summed E-state index contributed by atoms with van der Waals surface area (Å²) in [4.78, 5) is 43.6. The van der Waals surface area contributed by atoms with E-state index in [9.17, 15) is 19.5 Å². The van der Waals surface area contributed by atoms with E-state index in [1.165, 1.54) is 0 Å². The van der Waals surface area contributed by atoms with E-state index < -0.39 is 29.1 Å². The van der Waals surface area contributed by atoms with Gasteiger partial charge in [0.05, 0.1) is 17.4 Å². The number of hydrogen-bond donors (Lipinski definition) is 3. The molecule has 0 radical (unpaired) electrons. The Hall–Kier alpha value is -3.23. The third-order valence-electron chi connectivity index (χ3n) is 8.79. The van der Waals surface area contributed by atoms with Gasteiger partial charge < -0.3 is 25.4 Å². The van der Waals surface area contributed by atoms with Crippen LogP contribution in [0.25, 0.3) is 0 Å². The Labute approximate surface area is 223 Å². The molecule has 5 rings (SSSR count). The molecule has 8 nitrogen and oxygen atoms in total. The molecule has 5 atom stereocenters. The lowest BCUT2D eigenvalue weighted by Gasteiger charge is -2.34. The molecule has 2 unspecified atom stereocenters. The average Bonchev–Trinajstić information content (AvgIpc) is 3.51. The Balaban J connectivity index is 1.53. The summed E-state index contributed by atoms with van der Waals surface area (Å²) in [5.41, 5.74) is 1.39. The second kappa shape index (κ2) is 10.2. The van der Waals surface area contributed by atoms with Crippen LogP contribution in [0, 0.1) is 25.7 Å². The van der Waals surface area contributed by atoms with Crippen LogP contribution in [0.1, 0.15) is 50.2 Å². The first-order chi connectivity index (χ1) is 18.3. The van der Waals surface area contributed by atoms with E-state index >= 15 is 0 Å². The van der Waals surface area contributed by atoms with Crippen molar-refractivity contribution in [2.45, 2.75) is 70.1 Å². The maximum atomic E-state index is 14.1. The number of ether oxygens (including phenoxy) is 1. The van der Waals surface area contributed by atoms with E-state index in [1.807, 2.05) is 69.3 Å².